The molecule has 144 valence electrons. The number of hydrogen-bond acceptors (Lipinski definition) is 4. The lowest BCUT2D eigenvalue weighted by atomic mass is 10.0. The standard InChI is InChI=1S/C24H21N3OS/c28-23(21-16-29-24(26-21)18-9-6-12-25-13-18)20-15-27(14-17-7-2-1-3-8-17)22-11-5-4-10-19(20)22/h1-13,15,21,24,26H,14,16H2. The summed E-state index contributed by atoms with van der Waals surface area (Å²) in [6.45, 7) is 0.750. The predicted octanol–water partition coefficient (Wildman–Crippen LogP) is 4.67. The van der Waals surface area contributed by atoms with Gasteiger partial charge in [-0.1, -0.05) is 54.6 Å². The van der Waals surface area contributed by atoms with E-state index in [2.05, 4.69) is 39.1 Å². The van der Waals surface area contributed by atoms with Crippen molar-refractivity contribution < 1.29 is 4.79 Å². The Bertz CT molecular complexity index is 1140. The highest BCUT2D eigenvalue weighted by molar-refractivity contribution is 7.99. The Kier molecular flexibility index (Phi) is 4.92. The fourth-order valence-electron chi connectivity index (χ4n) is 3.89. The second-order valence-electron chi connectivity index (χ2n) is 7.26. The Morgan fingerprint density at radius 2 is 1.90 bits per heavy atom. The molecule has 2 aromatic heterocycles. The van der Waals surface area contributed by atoms with Crippen molar-refractivity contribution in [2.75, 3.05) is 5.75 Å². The van der Waals surface area contributed by atoms with Crippen molar-refractivity contribution in [2.24, 2.45) is 0 Å². The third-order valence-electron chi connectivity index (χ3n) is 5.34. The molecule has 1 fully saturated rings. The Morgan fingerprint density at radius 3 is 2.72 bits per heavy atom. The molecule has 0 spiro atoms. The monoisotopic (exact) mass is 399 g/mol. The minimum Gasteiger partial charge on any atom is -0.342 e. The van der Waals surface area contributed by atoms with Crippen LogP contribution in [-0.2, 0) is 6.54 Å². The van der Waals surface area contributed by atoms with Crippen molar-refractivity contribution in [3.05, 3.63) is 102 Å². The lowest BCUT2D eigenvalue weighted by Gasteiger charge is -2.12. The number of carbonyl (C=O) groups is 1. The summed E-state index contributed by atoms with van der Waals surface area (Å²) in [5, 5.41) is 4.62. The number of pyridine rings is 1. The van der Waals surface area contributed by atoms with Gasteiger partial charge in [0.15, 0.2) is 5.78 Å². The number of fused-ring (bicyclic) bond motifs is 1. The number of nitrogens with one attached hydrogen (secondary N) is 1. The summed E-state index contributed by atoms with van der Waals surface area (Å²) in [4.78, 5) is 17.6. The molecule has 29 heavy (non-hydrogen) atoms. The van der Waals surface area contributed by atoms with E-state index in [1.54, 1.807) is 18.0 Å². The van der Waals surface area contributed by atoms with Crippen LogP contribution >= 0.6 is 11.8 Å². The number of benzene rings is 2. The van der Waals surface area contributed by atoms with Crippen molar-refractivity contribution in [3.63, 3.8) is 0 Å². The van der Waals surface area contributed by atoms with Crippen LogP contribution in [0.15, 0.2) is 85.3 Å². The zero-order valence-corrected chi connectivity index (χ0v) is 16.7. The maximum absolute atomic E-state index is 13.4. The van der Waals surface area contributed by atoms with Gasteiger partial charge in [0.1, 0.15) is 0 Å². The zero-order valence-electron chi connectivity index (χ0n) is 15.9. The molecule has 0 saturated carbocycles. The van der Waals surface area contributed by atoms with Gasteiger partial charge in [-0.15, -0.1) is 11.8 Å². The maximum Gasteiger partial charge on any atom is 0.182 e. The number of para-hydroxylation sites is 1. The van der Waals surface area contributed by atoms with Gasteiger partial charge >= 0.3 is 0 Å². The van der Waals surface area contributed by atoms with Crippen LogP contribution in [0.3, 0.4) is 0 Å². The number of nitrogens with zero attached hydrogens (tertiary/aromatic N) is 2. The van der Waals surface area contributed by atoms with Crippen LogP contribution in [-0.4, -0.2) is 27.1 Å². The highest BCUT2D eigenvalue weighted by atomic mass is 32.2. The van der Waals surface area contributed by atoms with E-state index in [0.29, 0.717) is 0 Å². The minimum absolute atomic E-state index is 0.107. The Hall–Kier alpha value is -2.89. The average molecular weight is 400 g/mol. The molecular formula is C24H21N3OS. The fraction of sp³-hybridized carbons (Fsp3) is 0.167. The quantitative estimate of drug-likeness (QED) is 0.496. The Labute approximate surface area is 174 Å². The minimum atomic E-state index is -0.193. The lowest BCUT2D eigenvalue weighted by molar-refractivity contribution is 0.0957. The first-order valence-electron chi connectivity index (χ1n) is 9.73. The summed E-state index contributed by atoms with van der Waals surface area (Å²) in [7, 11) is 0. The molecule has 1 aliphatic rings. The second kappa shape index (κ2) is 7.85. The Morgan fingerprint density at radius 1 is 1.07 bits per heavy atom. The molecule has 1 saturated heterocycles. The van der Waals surface area contributed by atoms with Gasteiger partial charge in [-0.25, -0.2) is 0 Å². The van der Waals surface area contributed by atoms with E-state index in [1.807, 2.05) is 54.9 Å². The van der Waals surface area contributed by atoms with Crippen LogP contribution in [0.5, 0.6) is 0 Å². The third kappa shape index (κ3) is 3.59. The molecule has 0 amide bonds. The molecule has 2 atom stereocenters. The summed E-state index contributed by atoms with van der Waals surface area (Å²) in [5.41, 5.74) is 4.22. The number of hydrogen-bond donors (Lipinski definition) is 1. The van der Waals surface area contributed by atoms with Crippen LogP contribution < -0.4 is 5.32 Å². The molecular weight excluding hydrogens is 378 g/mol. The van der Waals surface area contributed by atoms with Crippen LogP contribution in [0.2, 0.25) is 0 Å². The number of rotatable bonds is 5. The van der Waals surface area contributed by atoms with Crippen LogP contribution in [0.4, 0.5) is 0 Å². The predicted molar refractivity (Wildman–Crippen MR) is 118 cm³/mol. The number of carbonyl (C=O) groups excluding carboxylic acids is 1. The van der Waals surface area contributed by atoms with Gasteiger partial charge < -0.3 is 4.57 Å². The highest BCUT2D eigenvalue weighted by Crippen LogP contribution is 2.34. The molecule has 0 bridgehead atoms. The van der Waals surface area contributed by atoms with E-state index in [9.17, 15) is 4.79 Å². The number of ketones is 1. The van der Waals surface area contributed by atoms with E-state index in [-0.39, 0.29) is 17.2 Å². The maximum atomic E-state index is 13.4. The molecule has 1 N–H and O–H groups in total. The smallest absolute Gasteiger partial charge is 0.182 e. The molecule has 4 nitrogen and oxygen atoms in total. The molecule has 3 heterocycles. The zero-order chi connectivity index (χ0) is 19.6. The van der Waals surface area contributed by atoms with Gasteiger partial charge in [0, 0.05) is 47.4 Å². The first kappa shape index (κ1) is 18.2. The summed E-state index contributed by atoms with van der Waals surface area (Å²) in [6, 6.07) is 22.3. The van der Waals surface area contributed by atoms with Gasteiger partial charge in [0.25, 0.3) is 0 Å². The molecule has 2 unspecified atom stereocenters. The highest BCUT2D eigenvalue weighted by Gasteiger charge is 2.32. The van der Waals surface area contributed by atoms with Gasteiger partial charge in [-0.3, -0.25) is 15.1 Å². The first-order chi connectivity index (χ1) is 14.3. The Balaban J connectivity index is 1.43. The summed E-state index contributed by atoms with van der Waals surface area (Å²) >= 11 is 1.76. The van der Waals surface area contributed by atoms with E-state index < -0.39 is 0 Å². The lowest BCUT2D eigenvalue weighted by Crippen LogP contribution is -2.34. The largest absolute Gasteiger partial charge is 0.342 e. The molecule has 5 heteroatoms. The normalized spacial score (nSPS) is 18.9. The average Bonchev–Trinajstić information content (AvgIpc) is 3.41. The third-order valence-corrected chi connectivity index (χ3v) is 6.60. The van der Waals surface area contributed by atoms with Crippen LogP contribution in [0.1, 0.15) is 26.9 Å². The second-order valence-corrected chi connectivity index (χ2v) is 8.39. The SMILES string of the molecule is O=C(c1cn(Cc2ccccc2)c2ccccc12)C1CSC(c2cccnc2)N1. The molecule has 2 aromatic carbocycles. The van der Waals surface area contributed by atoms with Crippen molar-refractivity contribution in [3.8, 4) is 0 Å². The number of Topliss-reactive ketones (excluding diaryl/α,β-unsaturated/α-hetero) is 1. The van der Waals surface area contributed by atoms with Crippen molar-refractivity contribution >= 4 is 28.4 Å². The fourth-order valence-corrected chi connectivity index (χ4v) is 5.11. The topological polar surface area (TPSA) is 46.9 Å². The van der Waals surface area contributed by atoms with E-state index in [4.69, 9.17) is 0 Å². The van der Waals surface area contributed by atoms with E-state index in [1.165, 1.54) is 5.56 Å². The summed E-state index contributed by atoms with van der Waals surface area (Å²) < 4.78 is 2.18. The van der Waals surface area contributed by atoms with Crippen LogP contribution in [0.25, 0.3) is 10.9 Å². The molecule has 1 aliphatic heterocycles. The van der Waals surface area contributed by atoms with E-state index in [0.717, 1.165) is 34.3 Å². The van der Waals surface area contributed by atoms with Crippen molar-refractivity contribution in [1.82, 2.24) is 14.9 Å². The summed E-state index contributed by atoms with van der Waals surface area (Å²) in [6.07, 6.45) is 5.65. The number of aromatic nitrogens is 2. The molecule has 0 aliphatic carbocycles. The molecule has 4 aromatic rings. The van der Waals surface area contributed by atoms with Gasteiger partial charge in [0.05, 0.1) is 11.4 Å². The molecule has 0 radical (unpaired) electrons. The summed E-state index contributed by atoms with van der Waals surface area (Å²) in [5.74, 6) is 0.920. The van der Waals surface area contributed by atoms with E-state index >= 15 is 0 Å². The van der Waals surface area contributed by atoms with Crippen molar-refractivity contribution in [1.29, 1.82) is 0 Å². The van der Waals surface area contributed by atoms with Crippen LogP contribution in [0, 0.1) is 0 Å². The first-order valence-corrected chi connectivity index (χ1v) is 10.8. The van der Waals surface area contributed by atoms with Gasteiger partial charge in [-0.05, 0) is 23.3 Å². The number of thioether (sulfide) groups is 1. The van der Waals surface area contributed by atoms with Gasteiger partial charge in [0.2, 0.25) is 0 Å². The van der Waals surface area contributed by atoms with Crippen molar-refractivity contribution in [2.45, 2.75) is 18.0 Å². The molecule has 5 rings (SSSR count). The van der Waals surface area contributed by atoms with Gasteiger partial charge in [-0.2, -0.15) is 0 Å².